The second-order valence-corrected chi connectivity index (χ2v) is 10.8. The van der Waals surface area contributed by atoms with Crippen molar-refractivity contribution in [2.24, 2.45) is 0 Å². The number of quaternary nitrogens is 2. The predicted molar refractivity (Wildman–Crippen MR) is 82.5 cm³/mol. The number of halogens is 6. The Morgan fingerprint density at radius 1 is 0.800 bits per heavy atom. The molecule has 0 saturated heterocycles. The summed E-state index contributed by atoms with van der Waals surface area (Å²) in [6.45, 7) is 3.52. The monoisotopic (exact) mass is 425 g/mol. The second kappa shape index (κ2) is 7.98. The molecule has 0 unspecified atom stereocenters. The maximum Gasteiger partial charge on any atom is 0.480 e. The van der Waals surface area contributed by atoms with Gasteiger partial charge >= 0.3 is 18.6 Å². The lowest BCUT2D eigenvalue weighted by Gasteiger charge is -2.44. The molecule has 16 heteroatoms. The first-order valence-electron chi connectivity index (χ1n) is 6.73. The Morgan fingerprint density at radius 3 is 1.20 bits per heavy atom. The molecule has 0 aromatic carbocycles. The Kier molecular flexibility index (Phi) is 8.51. The third-order valence-electron chi connectivity index (χ3n) is 2.87. The molecule has 0 aliphatic rings. The molecule has 25 heavy (non-hydrogen) atoms. The quantitative estimate of drug-likeness (QED) is 0.483. The Balaban J connectivity index is 0. The lowest BCUT2D eigenvalue weighted by molar-refractivity contribution is -0.879. The molecule has 0 N–H and O–H groups in total. The largest absolute Gasteiger partial charge is 0.480 e. The summed E-state index contributed by atoms with van der Waals surface area (Å²) in [5.41, 5.74) is -12.4. The van der Waals surface area contributed by atoms with Crippen molar-refractivity contribution in [1.82, 2.24) is 0 Å². The van der Waals surface area contributed by atoms with Gasteiger partial charge < -0.3 is 12.9 Å². The molecule has 154 valence electrons. The number of alkyl halides is 6. The number of rotatable bonds is 5. The first kappa shape index (κ1) is 26.7. The summed E-state index contributed by atoms with van der Waals surface area (Å²) in [6.07, 6.45) is 0. The standard InChI is InChI=1S/C7H22BN2.C2F6NO4S2/c1-7-10(5,6)8-9(2,3)4;3-1(4,5)14(10,11)9-15(12,13)2(6,7)8/h7-8H2,1-6H3;/q+1;-1. The van der Waals surface area contributed by atoms with Crippen LogP contribution in [0.15, 0.2) is 0 Å². The van der Waals surface area contributed by atoms with Crippen LogP contribution in [0.4, 0.5) is 26.3 Å². The first-order chi connectivity index (χ1) is 10.5. The Hall–Kier alpha value is -0.575. The summed E-state index contributed by atoms with van der Waals surface area (Å²) in [5.74, 6) is 0. The Labute approximate surface area is 144 Å². The highest BCUT2D eigenvalue weighted by molar-refractivity contribution is 8.13. The average molecular weight is 425 g/mol. The predicted octanol–water partition coefficient (Wildman–Crippen LogP) is 0.847. The van der Waals surface area contributed by atoms with Crippen molar-refractivity contribution < 1.29 is 52.0 Å². The van der Waals surface area contributed by atoms with Crippen LogP contribution in [-0.4, -0.2) is 86.0 Å². The van der Waals surface area contributed by atoms with Gasteiger partial charge in [0.25, 0.3) is 0 Å². The Bertz CT molecular complexity index is 596. The van der Waals surface area contributed by atoms with Gasteiger partial charge in [0.1, 0.15) is 0 Å². The molecule has 0 aromatic rings. The average Bonchev–Trinajstić information content (AvgIpc) is 2.21. The normalized spacial score (nSPS) is 14.7. The molecule has 0 aromatic heterocycles. The van der Waals surface area contributed by atoms with Crippen LogP contribution in [0.2, 0.25) is 0 Å². The maximum absolute atomic E-state index is 11.4. The maximum atomic E-state index is 11.4. The number of nitrogens with zero attached hydrogens (tertiary/aromatic N) is 3. The minimum atomic E-state index is -6.72. The molecule has 0 fully saturated rings. The molecule has 0 aliphatic carbocycles. The molecular weight excluding hydrogens is 403 g/mol. The van der Waals surface area contributed by atoms with E-state index in [0.717, 1.165) is 4.13 Å². The van der Waals surface area contributed by atoms with Crippen LogP contribution in [0.5, 0.6) is 0 Å². The number of hydrogen-bond donors (Lipinski definition) is 0. The van der Waals surface area contributed by atoms with Crippen molar-refractivity contribution in [2.45, 2.75) is 17.9 Å². The minimum Gasteiger partial charge on any atom is -0.473 e. The van der Waals surface area contributed by atoms with Gasteiger partial charge in [0.05, 0.1) is 0 Å². The van der Waals surface area contributed by atoms with Crippen LogP contribution in [0.25, 0.3) is 4.13 Å². The van der Waals surface area contributed by atoms with Gasteiger partial charge in [0.15, 0.2) is 20.0 Å². The number of sulfonamides is 2. The minimum absolute atomic E-state index is 0.0764. The molecule has 0 heterocycles. The number of hydrogen-bond acceptors (Lipinski definition) is 4. The summed E-state index contributed by atoms with van der Waals surface area (Å²) in [5, 5.41) is 0. The van der Waals surface area contributed by atoms with E-state index in [1.807, 2.05) is 0 Å². The fourth-order valence-electron chi connectivity index (χ4n) is 1.98. The van der Waals surface area contributed by atoms with Crippen molar-refractivity contribution in [2.75, 3.05) is 41.8 Å². The summed E-state index contributed by atoms with van der Waals surface area (Å²) in [4.78, 5) is 0. The molecule has 0 aliphatic heterocycles. The third kappa shape index (κ3) is 10.2. The highest BCUT2D eigenvalue weighted by atomic mass is 32.3. The second-order valence-electron chi connectivity index (χ2n) is 7.41. The van der Waals surface area contributed by atoms with Gasteiger partial charge in [-0.3, -0.25) is 0 Å². The lowest BCUT2D eigenvalue weighted by atomic mass is 10.00. The van der Waals surface area contributed by atoms with Crippen molar-refractivity contribution >= 4 is 27.6 Å². The summed E-state index contributed by atoms with van der Waals surface area (Å²) < 4.78 is 112. The van der Waals surface area contributed by atoms with Crippen molar-refractivity contribution in [3.63, 3.8) is 0 Å². The van der Waals surface area contributed by atoms with E-state index >= 15 is 0 Å². The van der Waals surface area contributed by atoms with Gasteiger partial charge in [0.2, 0.25) is 0 Å². The van der Waals surface area contributed by atoms with E-state index in [2.05, 4.69) is 42.2 Å². The van der Waals surface area contributed by atoms with Gasteiger partial charge in [-0.15, -0.1) is 0 Å². The zero-order valence-electron chi connectivity index (χ0n) is 14.8. The van der Waals surface area contributed by atoms with Crippen LogP contribution in [-0.2, 0) is 20.0 Å². The zero-order valence-corrected chi connectivity index (χ0v) is 16.4. The first-order valence-corrected chi connectivity index (χ1v) is 9.61. The van der Waals surface area contributed by atoms with Crippen LogP contribution in [0.3, 0.4) is 0 Å². The molecule has 0 atom stereocenters. The highest BCUT2D eigenvalue weighted by Crippen LogP contribution is 2.36. The SMILES string of the molecule is CC[N+](C)(C)[BH2-][N+](C)(C)C.O=S(=O)([N-]S(=O)(=O)C(F)(F)F)C(F)(F)F. The molecule has 0 bridgehead atoms. The van der Waals surface area contributed by atoms with Crippen LogP contribution in [0, 0.1) is 0 Å². The fourth-order valence-corrected chi connectivity index (χ4v) is 3.69. The molecule has 0 rings (SSSR count). The third-order valence-corrected chi connectivity index (χ3v) is 5.61. The summed E-state index contributed by atoms with van der Waals surface area (Å²) in [7, 11) is -1.86. The smallest absolute Gasteiger partial charge is 0.473 e. The molecule has 0 amide bonds. The van der Waals surface area contributed by atoms with Gasteiger partial charge in [-0.2, -0.15) is 26.3 Å². The van der Waals surface area contributed by atoms with Gasteiger partial charge in [-0.25, -0.2) is 16.8 Å². The van der Waals surface area contributed by atoms with Gasteiger partial charge in [0, 0.05) is 41.8 Å². The molecule has 0 radical (unpaired) electrons. The van der Waals surface area contributed by atoms with E-state index in [9.17, 15) is 43.2 Å². The van der Waals surface area contributed by atoms with Crippen molar-refractivity contribution in [3.05, 3.63) is 4.13 Å². The van der Waals surface area contributed by atoms with Crippen LogP contribution < -0.4 is 0 Å². The zero-order chi connectivity index (χ0) is 21.1. The van der Waals surface area contributed by atoms with Crippen LogP contribution in [0.1, 0.15) is 6.92 Å². The van der Waals surface area contributed by atoms with E-state index in [1.165, 1.54) is 15.3 Å². The van der Waals surface area contributed by atoms with Gasteiger partial charge in [-0.1, -0.05) is 0 Å². The molecule has 0 saturated carbocycles. The highest BCUT2D eigenvalue weighted by Gasteiger charge is 2.46. The Morgan fingerprint density at radius 2 is 1.08 bits per heavy atom. The molecular formula is C9H22BF6N3O4S2. The van der Waals surface area contributed by atoms with E-state index in [4.69, 9.17) is 0 Å². The molecule has 7 nitrogen and oxygen atoms in total. The van der Waals surface area contributed by atoms with E-state index < -0.39 is 31.1 Å². The van der Waals surface area contributed by atoms with E-state index in [-0.39, 0.29) is 7.55 Å². The summed E-state index contributed by atoms with van der Waals surface area (Å²) >= 11 is 0. The van der Waals surface area contributed by atoms with Crippen molar-refractivity contribution in [1.29, 1.82) is 0 Å². The van der Waals surface area contributed by atoms with Crippen molar-refractivity contribution in [3.8, 4) is 0 Å². The summed E-state index contributed by atoms with van der Waals surface area (Å²) in [6, 6.07) is 0. The lowest BCUT2D eigenvalue weighted by Crippen LogP contribution is -2.56. The van der Waals surface area contributed by atoms with E-state index in [0.29, 0.717) is 0 Å². The molecule has 0 spiro atoms. The van der Waals surface area contributed by atoms with Gasteiger partial charge in [-0.05, 0) is 6.92 Å². The van der Waals surface area contributed by atoms with Crippen LogP contribution >= 0.6 is 0 Å². The van der Waals surface area contributed by atoms with E-state index in [1.54, 1.807) is 0 Å². The fraction of sp³-hybridized carbons (Fsp3) is 1.00. The topological polar surface area (TPSA) is 82.4 Å².